The van der Waals surface area contributed by atoms with Gasteiger partial charge in [0.05, 0.1) is 16.5 Å². The van der Waals surface area contributed by atoms with Gasteiger partial charge >= 0.3 is 0 Å². The lowest BCUT2D eigenvalue weighted by Crippen LogP contribution is -2.20. The topological polar surface area (TPSA) is 9.23 Å². The number of thiophene rings is 1. The fraction of sp³-hybridized carbons (Fsp3) is 0.600. The standard InChI is InChI=1S/C10H12Br2OS/c1-6-8(9(11)5-13-6)4-7-2-3-14-10(7)12/h2-3,6,8-9H,4-5H2,1H3. The molecule has 2 rings (SSSR count). The second-order valence-corrected chi connectivity index (χ2v) is 7.05. The van der Waals surface area contributed by atoms with Crippen molar-refractivity contribution in [1.29, 1.82) is 0 Å². The number of hydrogen-bond acceptors (Lipinski definition) is 2. The molecule has 0 radical (unpaired) electrons. The first-order valence-electron chi connectivity index (χ1n) is 4.66. The first-order chi connectivity index (χ1) is 6.68. The fourth-order valence-corrected chi connectivity index (χ4v) is 3.84. The lowest BCUT2D eigenvalue weighted by molar-refractivity contribution is 0.106. The Morgan fingerprint density at radius 2 is 2.43 bits per heavy atom. The molecule has 1 saturated heterocycles. The van der Waals surface area contributed by atoms with E-state index in [9.17, 15) is 0 Å². The molecular weight excluding hydrogens is 328 g/mol. The molecule has 1 aliphatic heterocycles. The predicted molar refractivity (Wildman–Crippen MR) is 67.3 cm³/mol. The highest BCUT2D eigenvalue weighted by atomic mass is 79.9. The molecule has 0 aliphatic carbocycles. The molecule has 0 spiro atoms. The molecule has 1 aromatic rings. The molecule has 3 atom stereocenters. The molecule has 1 fully saturated rings. The van der Waals surface area contributed by atoms with Crippen LogP contribution in [0.1, 0.15) is 12.5 Å². The van der Waals surface area contributed by atoms with E-state index in [1.54, 1.807) is 11.3 Å². The van der Waals surface area contributed by atoms with E-state index >= 15 is 0 Å². The van der Waals surface area contributed by atoms with Gasteiger partial charge in [0.15, 0.2) is 0 Å². The third-order valence-electron chi connectivity index (χ3n) is 2.73. The Bertz CT molecular complexity index is 303. The average Bonchev–Trinajstić information content (AvgIpc) is 2.67. The smallest absolute Gasteiger partial charge is 0.0730 e. The lowest BCUT2D eigenvalue weighted by Gasteiger charge is -2.16. The molecule has 0 aromatic carbocycles. The Balaban J connectivity index is 2.07. The largest absolute Gasteiger partial charge is 0.377 e. The molecule has 0 saturated carbocycles. The summed E-state index contributed by atoms with van der Waals surface area (Å²) in [5.74, 6) is 0.598. The van der Waals surface area contributed by atoms with E-state index < -0.39 is 0 Å². The van der Waals surface area contributed by atoms with Gasteiger partial charge in [0.25, 0.3) is 0 Å². The van der Waals surface area contributed by atoms with Gasteiger partial charge in [-0.05, 0) is 46.3 Å². The molecule has 3 unspecified atom stereocenters. The van der Waals surface area contributed by atoms with Gasteiger partial charge in [-0.15, -0.1) is 11.3 Å². The SMILES string of the molecule is CC1OCC(Br)C1Cc1ccsc1Br. The normalized spacial score (nSPS) is 32.4. The van der Waals surface area contributed by atoms with Crippen LogP contribution in [0.3, 0.4) is 0 Å². The highest BCUT2D eigenvalue weighted by Crippen LogP contribution is 2.33. The molecule has 1 aliphatic rings. The van der Waals surface area contributed by atoms with Crippen LogP contribution in [0.2, 0.25) is 0 Å². The van der Waals surface area contributed by atoms with Crippen molar-refractivity contribution < 1.29 is 4.74 Å². The van der Waals surface area contributed by atoms with E-state index in [0.29, 0.717) is 16.8 Å². The van der Waals surface area contributed by atoms with Gasteiger partial charge in [-0.1, -0.05) is 15.9 Å². The van der Waals surface area contributed by atoms with Gasteiger partial charge < -0.3 is 4.74 Å². The summed E-state index contributed by atoms with van der Waals surface area (Å²) in [5, 5.41) is 2.13. The van der Waals surface area contributed by atoms with Crippen LogP contribution in [-0.2, 0) is 11.2 Å². The van der Waals surface area contributed by atoms with Gasteiger partial charge in [0, 0.05) is 10.7 Å². The number of alkyl halides is 1. The van der Waals surface area contributed by atoms with Crippen molar-refractivity contribution in [2.75, 3.05) is 6.61 Å². The molecule has 14 heavy (non-hydrogen) atoms. The van der Waals surface area contributed by atoms with Gasteiger partial charge in [-0.25, -0.2) is 0 Å². The van der Waals surface area contributed by atoms with E-state index in [1.165, 1.54) is 9.35 Å². The molecule has 0 N–H and O–H groups in total. The van der Waals surface area contributed by atoms with E-state index in [1.807, 2.05) is 0 Å². The van der Waals surface area contributed by atoms with Crippen molar-refractivity contribution in [2.45, 2.75) is 24.3 Å². The third kappa shape index (κ3) is 2.23. The van der Waals surface area contributed by atoms with E-state index in [2.05, 4.69) is 50.2 Å². The molecule has 1 aromatic heterocycles. The van der Waals surface area contributed by atoms with Gasteiger partial charge in [-0.3, -0.25) is 0 Å². The van der Waals surface area contributed by atoms with Crippen LogP contribution in [0.15, 0.2) is 15.2 Å². The van der Waals surface area contributed by atoms with Crippen molar-refractivity contribution in [2.24, 2.45) is 5.92 Å². The van der Waals surface area contributed by atoms with Crippen molar-refractivity contribution in [3.8, 4) is 0 Å². The van der Waals surface area contributed by atoms with Gasteiger partial charge in [0.2, 0.25) is 0 Å². The number of halogens is 2. The minimum Gasteiger partial charge on any atom is -0.377 e. The molecule has 4 heteroatoms. The van der Waals surface area contributed by atoms with Crippen molar-refractivity contribution in [3.05, 3.63) is 20.8 Å². The van der Waals surface area contributed by atoms with E-state index in [0.717, 1.165) is 13.0 Å². The molecule has 2 heterocycles. The Hall–Kier alpha value is 0.620. The summed E-state index contributed by atoms with van der Waals surface area (Å²) < 4.78 is 6.87. The van der Waals surface area contributed by atoms with Crippen molar-refractivity contribution in [3.63, 3.8) is 0 Å². The highest BCUT2D eigenvalue weighted by Gasteiger charge is 2.32. The molecule has 1 nitrogen and oxygen atoms in total. The maximum absolute atomic E-state index is 5.61. The second kappa shape index (κ2) is 4.64. The highest BCUT2D eigenvalue weighted by molar-refractivity contribution is 9.11. The lowest BCUT2D eigenvalue weighted by atomic mass is 9.95. The van der Waals surface area contributed by atoms with E-state index in [-0.39, 0.29) is 0 Å². The van der Waals surface area contributed by atoms with Gasteiger partial charge in [0.1, 0.15) is 0 Å². The van der Waals surface area contributed by atoms with Crippen molar-refractivity contribution in [1.82, 2.24) is 0 Å². The molecular formula is C10H12Br2OS. The van der Waals surface area contributed by atoms with E-state index in [4.69, 9.17) is 4.74 Å². The summed E-state index contributed by atoms with van der Waals surface area (Å²) in [6.45, 7) is 3.00. The summed E-state index contributed by atoms with van der Waals surface area (Å²) in [7, 11) is 0. The number of rotatable bonds is 2. The zero-order valence-electron chi connectivity index (χ0n) is 7.87. The van der Waals surface area contributed by atoms with Gasteiger partial charge in [-0.2, -0.15) is 0 Å². The number of hydrogen-bond donors (Lipinski definition) is 0. The molecule has 0 amide bonds. The summed E-state index contributed by atoms with van der Waals surface area (Å²) >= 11 is 9.01. The minimum absolute atomic E-state index is 0.367. The molecule has 0 bridgehead atoms. The zero-order valence-corrected chi connectivity index (χ0v) is 11.9. The average molecular weight is 340 g/mol. The quantitative estimate of drug-likeness (QED) is 0.743. The molecule has 78 valence electrons. The second-order valence-electron chi connectivity index (χ2n) is 3.64. The van der Waals surface area contributed by atoms with Crippen LogP contribution in [0.25, 0.3) is 0 Å². The van der Waals surface area contributed by atoms with Crippen LogP contribution >= 0.6 is 43.2 Å². The van der Waals surface area contributed by atoms with Crippen LogP contribution in [0, 0.1) is 5.92 Å². The summed E-state index contributed by atoms with van der Waals surface area (Å²) in [6, 6.07) is 2.19. The Morgan fingerprint density at radius 1 is 1.64 bits per heavy atom. The minimum atomic E-state index is 0.367. The Labute approximate surface area is 105 Å². The summed E-state index contributed by atoms with van der Waals surface area (Å²) in [5.41, 5.74) is 1.40. The Morgan fingerprint density at radius 3 is 2.93 bits per heavy atom. The van der Waals surface area contributed by atoms with Crippen LogP contribution in [0.4, 0.5) is 0 Å². The van der Waals surface area contributed by atoms with Crippen LogP contribution in [-0.4, -0.2) is 17.5 Å². The fourth-order valence-electron chi connectivity index (χ4n) is 1.80. The monoisotopic (exact) mass is 338 g/mol. The first kappa shape index (κ1) is 11.1. The zero-order chi connectivity index (χ0) is 10.1. The number of ether oxygens (including phenoxy) is 1. The first-order valence-corrected chi connectivity index (χ1v) is 7.25. The van der Waals surface area contributed by atoms with Crippen LogP contribution in [0.5, 0.6) is 0 Å². The third-order valence-corrected chi connectivity index (χ3v) is 5.49. The summed E-state index contributed by atoms with van der Waals surface area (Å²) in [6.07, 6.45) is 1.47. The summed E-state index contributed by atoms with van der Waals surface area (Å²) in [4.78, 5) is 0.504. The van der Waals surface area contributed by atoms with Crippen molar-refractivity contribution >= 4 is 43.2 Å². The Kier molecular flexibility index (Phi) is 3.68. The van der Waals surface area contributed by atoms with Crippen LogP contribution < -0.4 is 0 Å². The maximum Gasteiger partial charge on any atom is 0.0730 e. The maximum atomic E-state index is 5.61. The predicted octanol–water partition coefficient (Wildman–Crippen LogP) is 3.85.